The Morgan fingerprint density at radius 1 is 0.618 bits per heavy atom. The van der Waals surface area contributed by atoms with Crippen molar-refractivity contribution in [2.75, 3.05) is 17.7 Å². The number of benzene rings is 3. The molecule has 12 rings (SSSR count). The van der Waals surface area contributed by atoms with Gasteiger partial charge in [-0.05, 0) is 85.6 Å². The Balaban J connectivity index is 1.00. The number of nitrogens with one attached hydrogen (secondary N) is 4. The lowest BCUT2D eigenvalue weighted by molar-refractivity contribution is 0.627. The molecule has 8 aromatic heterocycles. The van der Waals surface area contributed by atoms with Crippen LogP contribution in [0.4, 0.5) is 28.9 Å². The molecule has 68 heavy (non-hydrogen) atoms. The Bertz CT molecular complexity index is 3930. The van der Waals surface area contributed by atoms with Crippen molar-refractivity contribution in [3.05, 3.63) is 156 Å². The van der Waals surface area contributed by atoms with E-state index < -0.39 is 23.3 Å². The van der Waals surface area contributed by atoms with Gasteiger partial charge in [0.05, 0.1) is 50.3 Å². The molecule has 3 aromatic carbocycles. The van der Waals surface area contributed by atoms with Crippen LogP contribution < -0.4 is 11.1 Å². The molecule has 0 amide bonds. The first-order valence-corrected chi connectivity index (χ1v) is 21.2. The molecule has 0 saturated heterocycles. The molecule has 1 aliphatic heterocycles. The van der Waals surface area contributed by atoms with Gasteiger partial charge < -0.3 is 21.0 Å². The van der Waals surface area contributed by atoms with Gasteiger partial charge in [0.25, 0.3) is 0 Å². The van der Waals surface area contributed by atoms with Crippen molar-refractivity contribution in [3.8, 4) is 67.7 Å². The van der Waals surface area contributed by atoms with Gasteiger partial charge in [-0.25, -0.2) is 32.5 Å². The predicted molar refractivity (Wildman–Crippen MR) is 251 cm³/mol. The number of aryl methyl sites for hydroxylation is 2. The van der Waals surface area contributed by atoms with Crippen LogP contribution in [0.25, 0.3) is 101 Å². The normalized spacial score (nSPS) is 12.5. The van der Waals surface area contributed by atoms with Gasteiger partial charge in [0.15, 0.2) is 17.5 Å². The van der Waals surface area contributed by atoms with Gasteiger partial charge in [-0.1, -0.05) is 12.1 Å². The van der Waals surface area contributed by atoms with E-state index in [0.717, 1.165) is 5.56 Å². The van der Waals surface area contributed by atoms with E-state index in [1.54, 1.807) is 73.3 Å². The number of H-pyrrole nitrogens is 3. The van der Waals surface area contributed by atoms with Crippen LogP contribution in [-0.2, 0) is 0 Å². The number of nitrogens with two attached hydrogens (primary N) is 1. The minimum Gasteiger partial charge on any atom is -0.397 e. The second-order valence-electron chi connectivity index (χ2n) is 16.3. The predicted octanol–water partition coefficient (Wildman–Crippen LogP) is 10.3. The van der Waals surface area contributed by atoms with E-state index in [1.165, 1.54) is 30.6 Å². The van der Waals surface area contributed by atoms with E-state index in [4.69, 9.17) is 20.7 Å². The van der Waals surface area contributed by atoms with Gasteiger partial charge in [0, 0.05) is 76.2 Å². The first-order chi connectivity index (χ1) is 33.1. The maximum Gasteiger partial charge on any atom is 0.161 e. The second-order valence-corrected chi connectivity index (χ2v) is 16.3. The van der Waals surface area contributed by atoms with E-state index in [9.17, 15) is 4.39 Å². The van der Waals surface area contributed by atoms with Gasteiger partial charge >= 0.3 is 0 Å². The molecule has 18 heteroatoms. The third-order valence-corrected chi connectivity index (χ3v) is 11.9. The Kier molecular flexibility index (Phi) is 9.18. The lowest BCUT2D eigenvalue weighted by Gasteiger charge is -2.21. The Morgan fingerprint density at radius 3 is 2.12 bits per heavy atom. The van der Waals surface area contributed by atoms with Crippen LogP contribution in [0.1, 0.15) is 22.5 Å². The molecular formula is C50H32F4N14. The molecule has 0 spiro atoms. The average molecular weight is 905 g/mol. The van der Waals surface area contributed by atoms with Crippen LogP contribution in [0.3, 0.4) is 0 Å². The largest absolute Gasteiger partial charge is 0.397 e. The van der Waals surface area contributed by atoms with Crippen molar-refractivity contribution in [2.24, 2.45) is 4.99 Å². The lowest BCUT2D eigenvalue weighted by atomic mass is 9.93. The molecular weight excluding hydrogens is 873 g/mol. The van der Waals surface area contributed by atoms with Gasteiger partial charge in [-0.3, -0.25) is 30.0 Å². The summed E-state index contributed by atoms with van der Waals surface area (Å²) in [5.74, 6) is -1.92. The SMILES string of the molecule is Cc1cncc(-c2nc(-c3cc(-c4nccc5[nH]c(C6=NCNc7cc(C)c(-c8cncc(N)c8)c(F)c76)nc45)ccc3F)c3[nH]nc(-c4nc5c(-c6cccc(F)c6)nccc5[nH]4)c3c2F)c1. The summed E-state index contributed by atoms with van der Waals surface area (Å²) in [6, 6.07) is 19.0. The van der Waals surface area contributed by atoms with Crippen molar-refractivity contribution in [1.82, 2.24) is 55.1 Å². The van der Waals surface area contributed by atoms with E-state index in [-0.39, 0.29) is 63.1 Å². The molecule has 0 bridgehead atoms. The highest BCUT2D eigenvalue weighted by atomic mass is 19.1. The number of nitrogens with zero attached hydrogens (tertiary/aromatic N) is 9. The number of fused-ring (bicyclic) bond motifs is 4. The van der Waals surface area contributed by atoms with Gasteiger partial charge in [0.1, 0.15) is 52.3 Å². The van der Waals surface area contributed by atoms with Crippen molar-refractivity contribution in [3.63, 3.8) is 0 Å². The molecule has 0 atom stereocenters. The number of aliphatic imine (C=N–C) groups is 1. The highest BCUT2D eigenvalue weighted by Gasteiger charge is 2.29. The number of hydrogen-bond acceptors (Lipinski definition) is 11. The van der Waals surface area contributed by atoms with Crippen LogP contribution >= 0.6 is 0 Å². The topological polar surface area (TPSA) is 201 Å². The number of anilines is 2. The van der Waals surface area contributed by atoms with Gasteiger partial charge in [-0.2, -0.15) is 5.10 Å². The molecule has 330 valence electrons. The lowest BCUT2D eigenvalue weighted by Crippen LogP contribution is -2.20. The van der Waals surface area contributed by atoms with Crippen LogP contribution in [0, 0.1) is 37.1 Å². The minimum atomic E-state index is -0.749. The molecule has 9 heterocycles. The van der Waals surface area contributed by atoms with Crippen molar-refractivity contribution < 1.29 is 17.6 Å². The zero-order valence-corrected chi connectivity index (χ0v) is 35.7. The summed E-state index contributed by atoms with van der Waals surface area (Å²) in [5, 5.41) is 10.6. The average Bonchev–Trinajstić information content (AvgIpc) is 4.10. The van der Waals surface area contributed by atoms with E-state index >= 15 is 13.2 Å². The number of aromatic amines is 3. The maximum atomic E-state index is 17.2. The van der Waals surface area contributed by atoms with Crippen LogP contribution in [0.5, 0.6) is 0 Å². The first kappa shape index (κ1) is 40.3. The summed E-state index contributed by atoms with van der Waals surface area (Å²) in [7, 11) is 0. The fraction of sp³-hybridized carbons (Fsp3) is 0.0600. The molecule has 0 radical (unpaired) electrons. The fourth-order valence-corrected chi connectivity index (χ4v) is 8.88. The molecule has 0 saturated carbocycles. The summed E-state index contributed by atoms with van der Waals surface area (Å²) >= 11 is 0. The molecule has 0 fully saturated rings. The number of imidazole rings is 2. The summed E-state index contributed by atoms with van der Waals surface area (Å²) in [5.41, 5.74) is 13.8. The van der Waals surface area contributed by atoms with Gasteiger partial charge in [0.2, 0.25) is 0 Å². The maximum absolute atomic E-state index is 17.2. The van der Waals surface area contributed by atoms with Crippen LogP contribution in [0.2, 0.25) is 0 Å². The number of aromatic nitrogens is 11. The third-order valence-electron chi connectivity index (χ3n) is 11.9. The molecule has 1 aliphatic rings. The molecule has 6 N–H and O–H groups in total. The van der Waals surface area contributed by atoms with Crippen LogP contribution in [0.15, 0.2) is 115 Å². The van der Waals surface area contributed by atoms with E-state index in [1.807, 2.05) is 19.9 Å². The van der Waals surface area contributed by atoms with E-state index in [0.29, 0.717) is 78.2 Å². The number of rotatable bonds is 7. The fourth-order valence-electron chi connectivity index (χ4n) is 8.88. The van der Waals surface area contributed by atoms with Crippen molar-refractivity contribution in [1.29, 1.82) is 0 Å². The minimum absolute atomic E-state index is 0.000938. The van der Waals surface area contributed by atoms with E-state index in [2.05, 4.69) is 50.4 Å². The quantitative estimate of drug-likeness (QED) is 0.0959. The monoisotopic (exact) mass is 904 g/mol. The molecule has 14 nitrogen and oxygen atoms in total. The number of nitrogen functional groups attached to an aromatic ring is 1. The molecule has 11 aromatic rings. The standard InChI is InChI=1S/C50H32F4N14/c1-22-12-27(19-56-17-22)40-39(54)37-46(67-68-48(37)50-63-33-9-10-58-41(44(33)66-50)24-4-3-5-28(51)14-24)43(64-40)30-16-25(6-7-31(30)52)42-45-32(8-11-59-42)62-49(65-45)47-36-34(60-21-61-47)13-23(2)35(38(36)53)26-15-29(55)20-57-18-26/h3-20,60H,21,55H2,1-2H3,(H,62,65)(H,63,66)(H,67,68). The second kappa shape index (κ2) is 15.5. The smallest absolute Gasteiger partial charge is 0.161 e. The third kappa shape index (κ3) is 6.51. The summed E-state index contributed by atoms with van der Waals surface area (Å²) < 4.78 is 64.9. The zero-order chi connectivity index (χ0) is 46.4. The van der Waals surface area contributed by atoms with Crippen LogP contribution in [-0.4, -0.2) is 67.4 Å². The number of halogens is 4. The highest BCUT2D eigenvalue weighted by molar-refractivity contribution is 6.17. The summed E-state index contributed by atoms with van der Waals surface area (Å²) in [4.78, 5) is 43.3. The zero-order valence-electron chi connectivity index (χ0n) is 35.7. The number of pyridine rings is 5. The Hall–Kier alpha value is -9.19. The summed E-state index contributed by atoms with van der Waals surface area (Å²) in [6.45, 7) is 3.80. The van der Waals surface area contributed by atoms with Crippen molar-refractivity contribution in [2.45, 2.75) is 13.8 Å². The first-order valence-electron chi connectivity index (χ1n) is 21.2. The highest BCUT2D eigenvalue weighted by Crippen LogP contribution is 2.41. The number of hydrogen-bond donors (Lipinski definition) is 5. The van der Waals surface area contributed by atoms with Gasteiger partial charge in [-0.15, -0.1) is 0 Å². The summed E-state index contributed by atoms with van der Waals surface area (Å²) in [6.07, 6.45) is 9.30. The Labute approximate surface area is 381 Å². The molecule has 0 aliphatic carbocycles. The Morgan fingerprint density at radius 2 is 1.35 bits per heavy atom. The van der Waals surface area contributed by atoms with Crippen molar-refractivity contribution >= 4 is 50.1 Å². The molecule has 0 unspecified atom stereocenters.